The Hall–Kier alpha value is -4.23. The number of non-ortho nitro benzene ring substituents is 1. The van der Waals surface area contributed by atoms with Crippen molar-refractivity contribution < 1.29 is 9.72 Å². The number of hydrogen-bond donors (Lipinski definition) is 1. The molecule has 0 bridgehead atoms. The number of nitrogens with one attached hydrogen (secondary N) is 1. The number of aryl methyl sites for hydroxylation is 1. The number of hydrazone groups is 1. The third kappa shape index (κ3) is 4.83. The molecule has 0 radical (unpaired) electrons. The molecule has 0 unspecified atom stereocenters. The second kappa shape index (κ2) is 9.50. The SMILES string of the molecule is Cc1ccc(-c2ccccc2)n1-c1ccc(C(=O)N/N=C\c2cc([N+](=O)[O-])ccc2Cl)cc1. The van der Waals surface area contributed by atoms with Gasteiger partial charge in [-0.2, -0.15) is 5.10 Å². The molecule has 0 spiro atoms. The summed E-state index contributed by atoms with van der Waals surface area (Å²) in [6.07, 6.45) is 1.27. The molecule has 0 saturated heterocycles. The molecule has 4 rings (SSSR count). The molecular weight excluding hydrogens is 440 g/mol. The van der Waals surface area contributed by atoms with E-state index in [-0.39, 0.29) is 5.69 Å². The average molecular weight is 459 g/mol. The highest BCUT2D eigenvalue weighted by atomic mass is 35.5. The fourth-order valence-electron chi connectivity index (χ4n) is 3.45. The summed E-state index contributed by atoms with van der Waals surface area (Å²) in [4.78, 5) is 22.9. The van der Waals surface area contributed by atoms with Crippen molar-refractivity contribution in [2.45, 2.75) is 6.92 Å². The monoisotopic (exact) mass is 458 g/mol. The zero-order valence-electron chi connectivity index (χ0n) is 17.6. The standard InChI is InChI=1S/C25H19ClN4O3/c1-17-7-14-24(18-5-3-2-4-6-18)29(17)21-10-8-19(9-11-21)25(31)28-27-16-20-15-22(30(32)33)12-13-23(20)26/h2-16H,1H3,(H,28,31)/b27-16-. The maximum Gasteiger partial charge on any atom is 0.271 e. The van der Waals surface area contributed by atoms with E-state index < -0.39 is 10.8 Å². The highest BCUT2D eigenvalue weighted by Gasteiger charge is 2.11. The van der Waals surface area contributed by atoms with Gasteiger partial charge in [0.1, 0.15) is 0 Å². The molecule has 0 aliphatic rings. The van der Waals surface area contributed by atoms with Gasteiger partial charge < -0.3 is 4.57 Å². The smallest absolute Gasteiger partial charge is 0.271 e. The van der Waals surface area contributed by atoms with Crippen molar-refractivity contribution in [1.29, 1.82) is 0 Å². The molecule has 0 aliphatic heterocycles. The number of nitro benzene ring substituents is 1. The molecule has 1 N–H and O–H groups in total. The lowest BCUT2D eigenvalue weighted by Gasteiger charge is -2.12. The molecule has 0 fully saturated rings. The van der Waals surface area contributed by atoms with Gasteiger partial charge in [-0.25, -0.2) is 5.43 Å². The summed E-state index contributed by atoms with van der Waals surface area (Å²) in [5.41, 5.74) is 7.22. The van der Waals surface area contributed by atoms with Crippen molar-refractivity contribution in [3.05, 3.63) is 117 Å². The number of halogens is 1. The van der Waals surface area contributed by atoms with E-state index in [2.05, 4.69) is 39.4 Å². The summed E-state index contributed by atoms with van der Waals surface area (Å²) in [6, 6.07) is 25.4. The molecule has 3 aromatic carbocycles. The minimum absolute atomic E-state index is 0.113. The van der Waals surface area contributed by atoms with Crippen LogP contribution in [0.2, 0.25) is 5.02 Å². The van der Waals surface area contributed by atoms with E-state index in [1.165, 1.54) is 24.4 Å². The molecule has 0 saturated carbocycles. The lowest BCUT2D eigenvalue weighted by molar-refractivity contribution is -0.384. The van der Waals surface area contributed by atoms with E-state index in [1.807, 2.05) is 37.3 Å². The van der Waals surface area contributed by atoms with Crippen molar-refractivity contribution in [2.75, 3.05) is 0 Å². The lowest BCUT2D eigenvalue weighted by Crippen LogP contribution is -2.17. The number of nitrogens with zero attached hydrogens (tertiary/aromatic N) is 3. The third-order valence-electron chi connectivity index (χ3n) is 5.09. The number of rotatable bonds is 6. The van der Waals surface area contributed by atoms with Gasteiger partial charge in [0.15, 0.2) is 0 Å². The van der Waals surface area contributed by atoms with Crippen LogP contribution in [0.5, 0.6) is 0 Å². The summed E-state index contributed by atoms with van der Waals surface area (Å²) >= 11 is 6.04. The number of amides is 1. The Balaban J connectivity index is 1.50. The fourth-order valence-corrected chi connectivity index (χ4v) is 3.61. The van der Waals surface area contributed by atoms with Gasteiger partial charge in [0, 0.05) is 39.7 Å². The van der Waals surface area contributed by atoms with Crippen LogP contribution in [0.1, 0.15) is 21.6 Å². The second-order valence-electron chi connectivity index (χ2n) is 7.27. The molecule has 4 aromatic rings. The lowest BCUT2D eigenvalue weighted by atomic mass is 10.1. The topological polar surface area (TPSA) is 89.5 Å². The van der Waals surface area contributed by atoms with E-state index in [1.54, 1.807) is 12.1 Å². The predicted octanol–water partition coefficient (Wildman–Crippen LogP) is 5.78. The molecular formula is C25H19ClN4O3. The predicted molar refractivity (Wildman–Crippen MR) is 129 cm³/mol. The summed E-state index contributed by atoms with van der Waals surface area (Å²) in [6.45, 7) is 2.03. The van der Waals surface area contributed by atoms with E-state index in [0.29, 0.717) is 16.1 Å². The van der Waals surface area contributed by atoms with E-state index in [9.17, 15) is 14.9 Å². The van der Waals surface area contributed by atoms with Crippen LogP contribution in [0.3, 0.4) is 0 Å². The average Bonchev–Trinajstić information content (AvgIpc) is 3.22. The van der Waals surface area contributed by atoms with Gasteiger partial charge in [-0.05, 0) is 55.0 Å². The van der Waals surface area contributed by atoms with E-state index in [4.69, 9.17) is 11.6 Å². The summed E-state index contributed by atoms with van der Waals surface area (Å²) < 4.78 is 2.12. The first-order valence-electron chi connectivity index (χ1n) is 10.1. The first-order chi connectivity index (χ1) is 15.9. The zero-order chi connectivity index (χ0) is 23.4. The highest BCUT2D eigenvalue weighted by Crippen LogP contribution is 2.26. The van der Waals surface area contributed by atoms with Crippen molar-refractivity contribution in [2.24, 2.45) is 5.10 Å². The van der Waals surface area contributed by atoms with Crippen molar-refractivity contribution in [3.63, 3.8) is 0 Å². The molecule has 164 valence electrons. The minimum Gasteiger partial charge on any atom is -0.314 e. The van der Waals surface area contributed by atoms with Gasteiger partial charge in [0.05, 0.1) is 16.8 Å². The second-order valence-corrected chi connectivity index (χ2v) is 7.68. The Labute approximate surface area is 195 Å². The Kier molecular flexibility index (Phi) is 6.33. The molecule has 8 heteroatoms. The first-order valence-corrected chi connectivity index (χ1v) is 10.4. The number of carbonyl (C=O) groups is 1. The van der Waals surface area contributed by atoms with E-state index in [0.717, 1.165) is 22.6 Å². The largest absolute Gasteiger partial charge is 0.314 e. The van der Waals surface area contributed by atoms with Crippen LogP contribution in [0.4, 0.5) is 5.69 Å². The Morgan fingerprint density at radius 1 is 1.03 bits per heavy atom. The summed E-state index contributed by atoms with van der Waals surface area (Å²) in [5, 5.41) is 15.1. The molecule has 1 amide bonds. The maximum atomic E-state index is 12.5. The van der Waals surface area contributed by atoms with Crippen LogP contribution >= 0.6 is 11.6 Å². The number of benzene rings is 3. The maximum absolute atomic E-state index is 12.5. The Bertz CT molecular complexity index is 1350. The van der Waals surface area contributed by atoms with Crippen LogP contribution in [0.25, 0.3) is 16.9 Å². The Morgan fingerprint density at radius 3 is 2.45 bits per heavy atom. The fraction of sp³-hybridized carbons (Fsp3) is 0.0400. The van der Waals surface area contributed by atoms with Crippen LogP contribution in [-0.4, -0.2) is 21.6 Å². The molecule has 7 nitrogen and oxygen atoms in total. The normalized spacial score (nSPS) is 11.0. The van der Waals surface area contributed by atoms with Crippen LogP contribution < -0.4 is 5.43 Å². The van der Waals surface area contributed by atoms with Gasteiger partial charge in [0.2, 0.25) is 0 Å². The zero-order valence-corrected chi connectivity index (χ0v) is 18.4. The molecule has 33 heavy (non-hydrogen) atoms. The number of carbonyl (C=O) groups excluding carboxylic acids is 1. The molecule has 1 aromatic heterocycles. The third-order valence-corrected chi connectivity index (χ3v) is 5.44. The van der Waals surface area contributed by atoms with Gasteiger partial charge in [-0.3, -0.25) is 14.9 Å². The van der Waals surface area contributed by atoms with Gasteiger partial charge in [-0.15, -0.1) is 0 Å². The summed E-state index contributed by atoms with van der Waals surface area (Å²) in [7, 11) is 0. The van der Waals surface area contributed by atoms with Crippen molar-refractivity contribution in [1.82, 2.24) is 9.99 Å². The molecule has 0 aliphatic carbocycles. The molecule has 1 heterocycles. The van der Waals surface area contributed by atoms with Crippen molar-refractivity contribution >= 4 is 29.4 Å². The van der Waals surface area contributed by atoms with Crippen LogP contribution in [-0.2, 0) is 0 Å². The number of hydrogen-bond acceptors (Lipinski definition) is 4. The number of aromatic nitrogens is 1. The van der Waals surface area contributed by atoms with Crippen LogP contribution in [0, 0.1) is 17.0 Å². The highest BCUT2D eigenvalue weighted by molar-refractivity contribution is 6.33. The van der Waals surface area contributed by atoms with Gasteiger partial charge in [-0.1, -0.05) is 41.9 Å². The minimum atomic E-state index is -0.524. The number of nitro groups is 1. The molecule has 0 atom stereocenters. The van der Waals surface area contributed by atoms with Gasteiger partial charge in [0.25, 0.3) is 11.6 Å². The van der Waals surface area contributed by atoms with Crippen molar-refractivity contribution in [3.8, 4) is 16.9 Å². The van der Waals surface area contributed by atoms with Crippen LogP contribution in [0.15, 0.2) is 90.0 Å². The summed E-state index contributed by atoms with van der Waals surface area (Å²) in [5.74, 6) is -0.410. The van der Waals surface area contributed by atoms with E-state index >= 15 is 0 Å². The first kappa shape index (κ1) is 22.0. The van der Waals surface area contributed by atoms with Gasteiger partial charge >= 0.3 is 0 Å². The Morgan fingerprint density at radius 2 is 1.76 bits per heavy atom. The quantitative estimate of drug-likeness (QED) is 0.225.